The van der Waals surface area contributed by atoms with Crippen molar-refractivity contribution >= 4 is 44.9 Å². The molecule has 0 bridgehead atoms. The molecule has 0 amide bonds. The van der Waals surface area contributed by atoms with E-state index in [1.165, 1.54) is 0 Å². The maximum atomic E-state index is 5.94. The van der Waals surface area contributed by atoms with Crippen molar-refractivity contribution < 1.29 is 0 Å². The molecule has 0 radical (unpaired) electrons. The molecule has 2 rings (SSSR count). The van der Waals surface area contributed by atoms with Crippen LogP contribution in [-0.2, 0) is 6.42 Å². The van der Waals surface area contributed by atoms with E-state index in [0.717, 1.165) is 40.6 Å². The normalized spacial score (nSPS) is 10.4. The van der Waals surface area contributed by atoms with Crippen LogP contribution in [0.15, 0.2) is 28.7 Å². The van der Waals surface area contributed by atoms with Gasteiger partial charge in [-0.3, -0.25) is 0 Å². The van der Waals surface area contributed by atoms with Gasteiger partial charge < -0.3 is 10.6 Å². The maximum absolute atomic E-state index is 5.94. The van der Waals surface area contributed by atoms with Gasteiger partial charge in [0.25, 0.3) is 0 Å². The molecule has 0 saturated heterocycles. The lowest BCUT2D eigenvalue weighted by molar-refractivity contribution is 0.939. The van der Waals surface area contributed by atoms with Crippen LogP contribution in [0.4, 0.5) is 17.3 Å². The van der Waals surface area contributed by atoms with Gasteiger partial charge in [-0.2, -0.15) is 0 Å². The van der Waals surface area contributed by atoms with Crippen molar-refractivity contribution in [2.45, 2.75) is 20.3 Å². The van der Waals surface area contributed by atoms with Crippen LogP contribution in [0.3, 0.4) is 0 Å². The number of anilines is 3. The molecule has 0 saturated carbocycles. The van der Waals surface area contributed by atoms with Gasteiger partial charge >= 0.3 is 0 Å². The molecule has 0 fully saturated rings. The number of aryl methyl sites for hydroxylation is 1. The third-order valence-electron chi connectivity index (χ3n) is 2.64. The van der Waals surface area contributed by atoms with Crippen molar-refractivity contribution in [2.75, 3.05) is 17.2 Å². The zero-order valence-corrected chi connectivity index (χ0v) is 13.7. The van der Waals surface area contributed by atoms with Crippen LogP contribution in [0.2, 0.25) is 5.02 Å². The van der Waals surface area contributed by atoms with E-state index in [-0.39, 0.29) is 0 Å². The van der Waals surface area contributed by atoms with Crippen molar-refractivity contribution in [3.05, 3.63) is 39.6 Å². The average Bonchev–Trinajstić information content (AvgIpc) is 2.42. The Morgan fingerprint density at radius 1 is 1.15 bits per heavy atom. The lowest BCUT2D eigenvalue weighted by Gasteiger charge is -2.11. The molecule has 2 aromatic rings. The molecule has 6 heteroatoms. The first-order valence-corrected chi connectivity index (χ1v) is 7.63. The van der Waals surface area contributed by atoms with E-state index in [4.69, 9.17) is 11.6 Å². The zero-order chi connectivity index (χ0) is 14.5. The molecule has 1 aromatic carbocycles. The van der Waals surface area contributed by atoms with E-state index < -0.39 is 0 Å². The number of hydrogen-bond acceptors (Lipinski definition) is 4. The van der Waals surface area contributed by atoms with Gasteiger partial charge in [0, 0.05) is 28.5 Å². The van der Waals surface area contributed by atoms with Gasteiger partial charge in [0.15, 0.2) is 0 Å². The van der Waals surface area contributed by atoms with E-state index in [1.54, 1.807) is 0 Å². The Bertz CT molecular complexity index is 604. The van der Waals surface area contributed by atoms with Crippen LogP contribution in [-0.4, -0.2) is 16.5 Å². The molecule has 0 unspecified atom stereocenters. The van der Waals surface area contributed by atoms with Crippen molar-refractivity contribution in [3.8, 4) is 0 Å². The van der Waals surface area contributed by atoms with Gasteiger partial charge in [-0.1, -0.05) is 18.5 Å². The van der Waals surface area contributed by atoms with Crippen LogP contribution in [0.25, 0.3) is 0 Å². The Morgan fingerprint density at radius 3 is 2.55 bits per heavy atom. The number of aromatic nitrogens is 2. The fraction of sp³-hybridized carbons (Fsp3) is 0.286. The monoisotopic (exact) mass is 354 g/mol. The fourth-order valence-electron chi connectivity index (χ4n) is 1.72. The molecule has 4 nitrogen and oxygen atoms in total. The van der Waals surface area contributed by atoms with E-state index in [2.05, 4.69) is 36.5 Å². The maximum Gasteiger partial charge on any atom is 0.136 e. The summed E-state index contributed by atoms with van der Waals surface area (Å²) in [5.41, 5.74) is 0.914. The number of halogens is 2. The summed E-state index contributed by atoms with van der Waals surface area (Å²) in [7, 11) is 0. The molecule has 0 aliphatic heterocycles. The number of benzene rings is 1. The third kappa shape index (κ3) is 3.84. The van der Waals surface area contributed by atoms with Crippen LogP contribution >= 0.6 is 27.5 Å². The molecule has 106 valence electrons. The molecular weight excluding hydrogens is 340 g/mol. The first-order valence-electron chi connectivity index (χ1n) is 6.46. The predicted octanol–water partition coefficient (Wildman–Crippen LogP) is 4.63. The Labute approximate surface area is 132 Å². The van der Waals surface area contributed by atoms with E-state index in [0.29, 0.717) is 5.02 Å². The highest BCUT2D eigenvalue weighted by atomic mass is 79.9. The largest absolute Gasteiger partial charge is 0.370 e. The summed E-state index contributed by atoms with van der Waals surface area (Å²) in [5.74, 6) is 2.39. The Balaban J connectivity index is 2.29. The van der Waals surface area contributed by atoms with Gasteiger partial charge in [0.2, 0.25) is 0 Å². The first kappa shape index (κ1) is 15.1. The summed E-state index contributed by atoms with van der Waals surface area (Å²) in [6, 6.07) is 7.48. The molecule has 20 heavy (non-hydrogen) atoms. The van der Waals surface area contributed by atoms with Crippen LogP contribution < -0.4 is 10.6 Å². The molecule has 1 heterocycles. The molecule has 0 atom stereocenters. The highest BCUT2D eigenvalue weighted by Crippen LogP contribution is 2.28. The Morgan fingerprint density at radius 2 is 1.90 bits per heavy atom. The van der Waals surface area contributed by atoms with E-state index >= 15 is 0 Å². The topological polar surface area (TPSA) is 49.8 Å². The molecule has 0 aliphatic carbocycles. The van der Waals surface area contributed by atoms with E-state index in [9.17, 15) is 0 Å². The lowest BCUT2D eigenvalue weighted by atomic mass is 10.3. The standard InChI is InChI=1S/C14H16BrClN4/c1-3-12-19-13(17-4-2)8-14(20-12)18-11-6-5-9(16)7-10(11)15/h5-8H,3-4H2,1-2H3,(H2,17,18,19,20). The van der Waals surface area contributed by atoms with Gasteiger partial charge in [-0.15, -0.1) is 0 Å². The summed E-state index contributed by atoms with van der Waals surface area (Å²) in [5, 5.41) is 7.17. The quantitative estimate of drug-likeness (QED) is 0.821. The van der Waals surface area contributed by atoms with Crippen molar-refractivity contribution in [1.82, 2.24) is 9.97 Å². The fourth-order valence-corrected chi connectivity index (χ4v) is 2.50. The van der Waals surface area contributed by atoms with E-state index in [1.807, 2.05) is 38.1 Å². The van der Waals surface area contributed by atoms with Crippen molar-refractivity contribution in [2.24, 2.45) is 0 Å². The van der Waals surface area contributed by atoms with Crippen molar-refractivity contribution in [3.63, 3.8) is 0 Å². The molecule has 1 aromatic heterocycles. The van der Waals surface area contributed by atoms with Gasteiger partial charge in [-0.05, 0) is 41.1 Å². The predicted molar refractivity (Wildman–Crippen MR) is 88.0 cm³/mol. The minimum atomic E-state index is 0.688. The summed E-state index contributed by atoms with van der Waals surface area (Å²) in [4.78, 5) is 8.90. The number of nitrogens with zero attached hydrogens (tertiary/aromatic N) is 2. The number of rotatable bonds is 5. The summed E-state index contributed by atoms with van der Waals surface area (Å²) in [6.45, 7) is 4.90. The van der Waals surface area contributed by atoms with Crippen LogP contribution in [0, 0.1) is 0 Å². The lowest BCUT2D eigenvalue weighted by Crippen LogP contribution is -2.05. The number of hydrogen-bond donors (Lipinski definition) is 2. The number of nitrogens with one attached hydrogen (secondary N) is 2. The van der Waals surface area contributed by atoms with Crippen molar-refractivity contribution in [1.29, 1.82) is 0 Å². The van der Waals surface area contributed by atoms with Gasteiger partial charge in [0.05, 0.1) is 5.69 Å². The minimum absolute atomic E-state index is 0.688. The minimum Gasteiger partial charge on any atom is -0.370 e. The Kier molecular flexibility index (Phi) is 5.20. The Hall–Kier alpha value is -1.33. The third-order valence-corrected chi connectivity index (χ3v) is 3.53. The average molecular weight is 356 g/mol. The zero-order valence-electron chi connectivity index (χ0n) is 11.4. The van der Waals surface area contributed by atoms with Gasteiger partial charge in [-0.25, -0.2) is 9.97 Å². The summed E-state index contributed by atoms with van der Waals surface area (Å²) >= 11 is 9.42. The van der Waals surface area contributed by atoms with Crippen LogP contribution in [0.5, 0.6) is 0 Å². The summed E-state index contributed by atoms with van der Waals surface area (Å²) < 4.78 is 0.895. The van der Waals surface area contributed by atoms with Crippen LogP contribution in [0.1, 0.15) is 19.7 Å². The SMILES string of the molecule is CCNc1cc(Nc2ccc(Cl)cc2Br)nc(CC)n1. The van der Waals surface area contributed by atoms with Gasteiger partial charge in [0.1, 0.15) is 17.5 Å². The second-order valence-electron chi connectivity index (χ2n) is 4.19. The highest BCUT2D eigenvalue weighted by Gasteiger charge is 2.06. The molecule has 0 aliphatic rings. The molecule has 2 N–H and O–H groups in total. The first-order chi connectivity index (χ1) is 9.62. The molecule has 0 spiro atoms. The smallest absolute Gasteiger partial charge is 0.136 e. The summed E-state index contributed by atoms with van der Waals surface area (Å²) in [6.07, 6.45) is 0.787. The molecular formula is C14H16BrClN4. The second kappa shape index (κ2) is 6.90. The highest BCUT2D eigenvalue weighted by molar-refractivity contribution is 9.10. The second-order valence-corrected chi connectivity index (χ2v) is 5.48.